The van der Waals surface area contributed by atoms with Crippen LogP contribution in [0.15, 0.2) is 18.2 Å². The SMILES string of the molecule is Cc1nc2ccc(C(CCCN)N(C)C)cc2[nH]1. The third kappa shape index (κ3) is 2.71. The van der Waals surface area contributed by atoms with Gasteiger partial charge in [-0.1, -0.05) is 6.07 Å². The van der Waals surface area contributed by atoms with Crippen molar-refractivity contribution in [3.63, 3.8) is 0 Å². The highest BCUT2D eigenvalue weighted by atomic mass is 15.1. The fraction of sp³-hybridized carbons (Fsp3) is 0.500. The Labute approximate surface area is 108 Å². The van der Waals surface area contributed by atoms with E-state index in [9.17, 15) is 0 Å². The minimum absolute atomic E-state index is 0.418. The van der Waals surface area contributed by atoms with Crippen LogP contribution in [-0.2, 0) is 0 Å². The highest BCUT2D eigenvalue weighted by Gasteiger charge is 2.14. The Morgan fingerprint density at radius 2 is 2.17 bits per heavy atom. The molecule has 0 aliphatic rings. The molecule has 0 aliphatic heterocycles. The van der Waals surface area contributed by atoms with Crippen LogP contribution in [0.25, 0.3) is 11.0 Å². The van der Waals surface area contributed by atoms with Gasteiger partial charge in [-0.3, -0.25) is 0 Å². The first-order valence-corrected chi connectivity index (χ1v) is 6.44. The first-order chi connectivity index (χ1) is 8.61. The summed E-state index contributed by atoms with van der Waals surface area (Å²) in [5.41, 5.74) is 9.09. The van der Waals surface area contributed by atoms with Gasteiger partial charge in [0.25, 0.3) is 0 Å². The van der Waals surface area contributed by atoms with Crippen molar-refractivity contribution in [2.24, 2.45) is 5.73 Å². The first-order valence-electron chi connectivity index (χ1n) is 6.44. The van der Waals surface area contributed by atoms with Crippen molar-refractivity contribution in [1.29, 1.82) is 0 Å². The molecule has 0 bridgehead atoms. The van der Waals surface area contributed by atoms with Crippen molar-refractivity contribution in [2.45, 2.75) is 25.8 Å². The summed E-state index contributed by atoms with van der Waals surface area (Å²) >= 11 is 0. The van der Waals surface area contributed by atoms with Crippen molar-refractivity contribution >= 4 is 11.0 Å². The van der Waals surface area contributed by atoms with Gasteiger partial charge in [-0.05, 0) is 58.1 Å². The smallest absolute Gasteiger partial charge is 0.104 e. The fourth-order valence-corrected chi connectivity index (χ4v) is 2.40. The molecule has 0 aliphatic carbocycles. The number of hydrogen-bond acceptors (Lipinski definition) is 3. The Bertz CT molecular complexity index is 515. The van der Waals surface area contributed by atoms with Gasteiger partial charge < -0.3 is 15.6 Å². The van der Waals surface area contributed by atoms with Crippen molar-refractivity contribution < 1.29 is 0 Å². The molecule has 98 valence electrons. The third-order valence-electron chi connectivity index (χ3n) is 3.31. The number of H-pyrrole nitrogens is 1. The second-order valence-electron chi connectivity index (χ2n) is 5.01. The van der Waals surface area contributed by atoms with Crippen molar-refractivity contribution in [3.05, 3.63) is 29.6 Å². The predicted molar refractivity (Wildman–Crippen MR) is 75.5 cm³/mol. The van der Waals surface area contributed by atoms with Crippen LogP contribution in [0.1, 0.15) is 30.3 Å². The highest BCUT2D eigenvalue weighted by Crippen LogP contribution is 2.25. The van der Waals surface area contributed by atoms with Crippen LogP contribution in [0, 0.1) is 6.92 Å². The number of benzene rings is 1. The lowest BCUT2D eigenvalue weighted by molar-refractivity contribution is 0.280. The summed E-state index contributed by atoms with van der Waals surface area (Å²) < 4.78 is 0. The molecule has 0 spiro atoms. The van der Waals surface area contributed by atoms with E-state index in [4.69, 9.17) is 5.73 Å². The van der Waals surface area contributed by atoms with Crippen LogP contribution in [0.2, 0.25) is 0 Å². The molecule has 0 saturated heterocycles. The maximum absolute atomic E-state index is 5.61. The second kappa shape index (κ2) is 5.50. The van der Waals surface area contributed by atoms with Crippen LogP contribution in [-0.4, -0.2) is 35.5 Å². The molecule has 4 nitrogen and oxygen atoms in total. The Hall–Kier alpha value is -1.39. The third-order valence-corrected chi connectivity index (χ3v) is 3.31. The molecule has 3 N–H and O–H groups in total. The van der Waals surface area contributed by atoms with Crippen molar-refractivity contribution in [1.82, 2.24) is 14.9 Å². The average Bonchev–Trinajstić information content (AvgIpc) is 2.68. The van der Waals surface area contributed by atoms with Crippen LogP contribution in [0.5, 0.6) is 0 Å². The van der Waals surface area contributed by atoms with Gasteiger partial charge >= 0.3 is 0 Å². The molecule has 0 fully saturated rings. The summed E-state index contributed by atoms with van der Waals surface area (Å²) in [6, 6.07) is 6.88. The second-order valence-corrected chi connectivity index (χ2v) is 5.01. The number of nitrogens with zero attached hydrogens (tertiary/aromatic N) is 2. The maximum Gasteiger partial charge on any atom is 0.104 e. The van der Waals surface area contributed by atoms with E-state index in [0.29, 0.717) is 6.04 Å². The molecule has 2 aromatic rings. The van der Waals surface area contributed by atoms with E-state index in [1.54, 1.807) is 0 Å². The summed E-state index contributed by atoms with van der Waals surface area (Å²) in [5, 5.41) is 0. The minimum atomic E-state index is 0.418. The Balaban J connectivity index is 2.31. The number of aryl methyl sites for hydroxylation is 1. The molecular formula is C14H22N4. The molecule has 1 aromatic carbocycles. The van der Waals surface area contributed by atoms with Gasteiger partial charge in [0.15, 0.2) is 0 Å². The zero-order chi connectivity index (χ0) is 13.1. The molecule has 1 aromatic heterocycles. The molecule has 1 unspecified atom stereocenters. The Morgan fingerprint density at radius 3 is 2.83 bits per heavy atom. The highest BCUT2D eigenvalue weighted by molar-refractivity contribution is 5.75. The number of hydrogen-bond donors (Lipinski definition) is 2. The summed E-state index contributed by atoms with van der Waals surface area (Å²) in [7, 11) is 4.23. The molecule has 4 heteroatoms. The number of imidazole rings is 1. The number of nitrogens with two attached hydrogens (primary N) is 1. The lowest BCUT2D eigenvalue weighted by Gasteiger charge is -2.24. The quantitative estimate of drug-likeness (QED) is 0.850. The topological polar surface area (TPSA) is 57.9 Å². The van der Waals surface area contributed by atoms with Gasteiger partial charge in [0.2, 0.25) is 0 Å². The monoisotopic (exact) mass is 246 g/mol. The van der Waals surface area contributed by atoms with Gasteiger partial charge in [0.05, 0.1) is 11.0 Å². The Morgan fingerprint density at radius 1 is 1.39 bits per heavy atom. The summed E-state index contributed by atoms with van der Waals surface area (Å²) in [6.45, 7) is 2.73. The van der Waals surface area contributed by atoms with E-state index >= 15 is 0 Å². The largest absolute Gasteiger partial charge is 0.342 e. The summed E-state index contributed by atoms with van der Waals surface area (Å²) in [5.74, 6) is 0.963. The molecule has 0 radical (unpaired) electrons. The van der Waals surface area contributed by atoms with Gasteiger partial charge in [-0.2, -0.15) is 0 Å². The molecule has 0 saturated carbocycles. The Kier molecular flexibility index (Phi) is 3.99. The lowest BCUT2D eigenvalue weighted by atomic mass is 10.0. The molecule has 1 atom stereocenters. The van der Waals surface area contributed by atoms with Crippen LogP contribution in [0.3, 0.4) is 0 Å². The maximum atomic E-state index is 5.61. The van der Waals surface area contributed by atoms with Crippen molar-refractivity contribution in [3.8, 4) is 0 Å². The zero-order valence-corrected chi connectivity index (χ0v) is 11.4. The number of fused-ring (bicyclic) bond motifs is 1. The van der Waals surface area contributed by atoms with E-state index in [0.717, 1.165) is 36.2 Å². The normalized spacial score (nSPS) is 13.4. The number of aromatic amines is 1. The van der Waals surface area contributed by atoms with Gasteiger partial charge in [0, 0.05) is 6.04 Å². The van der Waals surface area contributed by atoms with E-state index in [1.807, 2.05) is 6.92 Å². The molecular weight excluding hydrogens is 224 g/mol. The standard InChI is InChI=1S/C14H22N4/c1-10-16-12-7-6-11(9-13(12)17-10)14(18(2)3)5-4-8-15/h6-7,9,14H,4-5,8,15H2,1-3H3,(H,16,17). The summed E-state index contributed by atoms with van der Waals surface area (Å²) in [6.07, 6.45) is 2.13. The zero-order valence-electron chi connectivity index (χ0n) is 11.4. The first kappa shape index (κ1) is 13.1. The average molecular weight is 246 g/mol. The van der Waals surface area contributed by atoms with E-state index in [2.05, 4.69) is 47.2 Å². The fourth-order valence-electron chi connectivity index (χ4n) is 2.40. The van der Waals surface area contributed by atoms with Crippen LogP contribution >= 0.6 is 0 Å². The van der Waals surface area contributed by atoms with Crippen LogP contribution in [0.4, 0.5) is 0 Å². The molecule has 1 heterocycles. The van der Waals surface area contributed by atoms with Crippen molar-refractivity contribution in [2.75, 3.05) is 20.6 Å². The number of aromatic nitrogens is 2. The predicted octanol–water partition coefficient (Wildman–Crippen LogP) is 2.21. The van der Waals surface area contributed by atoms with Crippen LogP contribution < -0.4 is 5.73 Å². The molecule has 18 heavy (non-hydrogen) atoms. The minimum Gasteiger partial charge on any atom is -0.342 e. The number of rotatable bonds is 5. The van der Waals surface area contributed by atoms with Gasteiger partial charge in [-0.15, -0.1) is 0 Å². The lowest BCUT2D eigenvalue weighted by Crippen LogP contribution is -2.20. The molecule has 2 rings (SSSR count). The summed E-state index contributed by atoms with van der Waals surface area (Å²) in [4.78, 5) is 9.98. The van der Waals surface area contributed by atoms with E-state index < -0.39 is 0 Å². The molecule has 0 amide bonds. The van der Waals surface area contributed by atoms with Gasteiger partial charge in [-0.25, -0.2) is 4.98 Å². The number of nitrogens with one attached hydrogen (secondary N) is 1. The van der Waals surface area contributed by atoms with E-state index in [1.165, 1.54) is 5.56 Å². The van der Waals surface area contributed by atoms with E-state index in [-0.39, 0.29) is 0 Å². The van der Waals surface area contributed by atoms with Gasteiger partial charge in [0.1, 0.15) is 5.82 Å².